The van der Waals surface area contributed by atoms with E-state index < -0.39 is 0 Å². The Hall–Kier alpha value is -0.0400. The Morgan fingerprint density at radius 1 is 1.10 bits per heavy atom. The maximum absolute atomic E-state index is 5.84. The van der Waals surface area contributed by atoms with Crippen LogP contribution in [0.5, 0.6) is 0 Å². The average molecular weight is 138 g/mol. The summed E-state index contributed by atoms with van der Waals surface area (Å²) in [5.74, 6) is 2.97. The first kappa shape index (κ1) is 5.59. The summed E-state index contributed by atoms with van der Waals surface area (Å²) >= 11 is 0. The van der Waals surface area contributed by atoms with Gasteiger partial charge in [0.25, 0.3) is 0 Å². The number of fused-ring (bicyclic) bond motifs is 1. The van der Waals surface area contributed by atoms with Gasteiger partial charge in [0.15, 0.2) is 0 Å². The largest absolute Gasteiger partial charge is 0.375 e. The van der Waals surface area contributed by atoms with E-state index in [0.29, 0.717) is 12.2 Å². The predicted molar refractivity (Wildman–Crippen MR) is 38.7 cm³/mol. The third-order valence-corrected chi connectivity index (χ3v) is 3.80. The van der Waals surface area contributed by atoms with Crippen LogP contribution in [0, 0.1) is 17.8 Å². The quantitative estimate of drug-likeness (QED) is 0.496. The molecule has 3 fully saturated rings. The van der Waals surface area contributed by atoms with Crippen LogP contribution in [0.25, 0.3) is 0 Å². The van der Waals surface area contributed by atoms with Crippen molar-refractivity contribution in [2.45, 2.75) is 38.4 Å². The molecule has 0 aromatic carbocycles. The van der Waals surface area contributed by atoms with Crippen molar-refractivity contribution >= 4 is 0 Å². The fourth-order valence-electron chi connectivity index (χ4n) is 3.41. The van der Waals surface area contributed by atoms with Crippen molar-refractivity contribution in [2.75, 3.05) is 0 Å². The summed E-state index contributed by atoms with van der Waals surface area (Å²) in [6, 6.07) is 0. The monoisotopic (exact) mass is 138 g/mol. The van der Waals surface area contributed by atoms with E-state index in [9.17, 15) is 0 Å². The molecule has 0 radical (unpaired) electrons. The fraction of sp³-hybridized carbons (Fsp3) is 1.00. The molecular weight excluding hydrogens is 124 g/mol. The molecule has 0 aromatic heterocycles. The van der Waals surface area contributed by atoms with E-state index in [1.54, 1.807) is 0 Å². The highest BCUT2D eigenvalue weighted by molar-refractivity contribution is 5.02. The van der Waals surface area contributed by atoms with Crippen LogP contribution in [-0.4, -0.2) is 12.2 Å². The Labute approximate surface area is 61.8 Å². The number of ether oxygens (including phenoxy) is 1. The maximum Gasteiger partial charge on any atom is 0.0613 e. The van der Waals surface area contributed by atoms with Crippen LogP contribution in [0.4, 0.5) is 0 Å². The van der Waals surface area contributed by atoms with Gasteiger partial charge < -0.3 is 4.74 Å². The molecule has 10 heavy (non-hydrogen) atoms. The van der Waals surface area contributed by atoms with E-state index in [4.69, 9.17) is 4.74 Å². The van der Waals surface area contributed by atoms with Crippen LogP contribution < -0.4 is 0 Å². The highest BCUT2D eigenvalue weighted by Crippen LogP contribution is 2.56. The molecule has 1 aliphatic heterocycles. The van der Waals surface area contributed by atoms with E-state index in [0.717, 1.165) is 17.8 Å². The molecule has 2 aliphatic carbocycles. The molecule has 56 valence electrons. The molecular formula is C9H14O. The maximum atomic E-state index is 5.84. The molecule has 1 heterocycles. The highest BCUT2D eigenvalue weighted by Gasteiger charge is 2.54. The zero-order valence-corrected chi connectivity index (χ0v) is 6.42. The summed E-state index contributed by atoms with van der Waals surface area (Å²) in [6.45, 7) is 2.26. The van der Waals surface area contributed by atoms with Gasteiger partial charge in [-0.05, 0) is 43.9 Å². The summed E-state index contributed by atoms with van der Waals surface area (Å²) in [7, 11) is 0. The van der Waals surface area contributed by atoms with Crippen molar-refractivity contribution in [1.82, 2.24) is 0 Å². The first-order valence-electron chi connectivity index (χ1n) is 4.50. The van der Waals surface area contributed by atoms with Gasteiger partial charge in [0, 0.05) is 0 Å². The Balaban J connectivity index is 1.98. The summed E-state index contributed by atoms with van der Waals surface area (Å²) in [6.07, 6.45) is 5.61. The van der Waals surface area contributed by atoms with Crippen molar-refractivity contribution in [3.63, 3.8) is 0 Å². The van der Waals surface area contributed by atoms with Crippen molar-refractivity contribution in [1.29, 1.82) is 0 Å². The van der Waals surface area contributed by atoms with E-state index in [-0.39, 0.29) is 0 Å². The lowest BCUT2D eigenvalue weighted by Gasteiger charge is -2.15. The highest BCUT2D eigenvalue weighted by atomic mass is 16.5. The van der Waals surface area contributed by atoms with Gasteiger partial charge in [-0.15, -0.1) is 0 Å². The van der Waals surface area contributed by atoms with Crippen molar-refractivity contribution in [3.8, 4) is 0 Å². The molecule has 5 unspecified atom stereocenters. The van der Waals surface area contributed by atoms with Crippen LogP contribution in [0.3, 0.4) is 0 Å². The normalized spacial score (nSPS) is 63.9. The average Bonchev–Trinajstić information content (AvgIpc) is 2.44. The number of hydrogen-bond acceptors (Lipinski definition) is 1. The Morgan fingerprint density at radius 2 is 1.90 bits per heavy atom. The van der Waals surface area contributed by atoms with Gasteiger partial charge in [-0.2, -0.15) is 0 Å². The van der Waals surface area contributed by atoms with Crippen LogP contribution in [0.1, 0.15) is 26.2 Å². The zero-order chi connectivity index (χ0) is 6.72. The van der Waals surface area contributed by atoms with Gasteiger partial charge in [-0.25, -0.2) is 0 Å². The second kappa shape index (κ2) is 1.58. The third-order valence-electron chi connectivity index (χ3n) is 3.80. The third kappa shape index (κ3) is 0.493. The molecule has 0 amide bonds. The van der Waals surface area contributed by atoms with Gasteiger partial charge in [0.2, 0.25) is 0 Å². The lowest BCUT2D eigenvalue weighted by Crippen LogP contribution is -2.16. The van der Waals surface area contributed by atoms with Gasteiger partial charge in [-0.3, -0.25) is 0 Å². The minimum Gasteiger partial charge on any atom is -0.375 e. The van der Waals surface area contributed by atoms with E-state index >= 15 is 0 Å². The van der Waals surface area contributed by atoms with Crippen molar-refractivity contribution < 1.29 is 4.74 Å². The molecule has 1 nitrogen and oxygen atoms in total. The fourth-order valence-corrected chi connectivity index (χ4v) is 3.41. The Bertz CT molecular complexity index is 164. The Morgan fingerprint density at radius 3 is 2.50 bits per heavy atom. The molecule has 3 rings (SSSR count). The summed E-state index contributed by atoms with van der Waals surface area (Å²) in [4.78, 5) is 0. The van der Waals surface area contributed by atoms with Gasteiger partial charge in [-0.1, -0.05) is 0 Å². The van der Waals surface area contributed by atoms with E-state index in [2.05, 4.69) is 6.92 Å². The van der Waals surface area contributed by atoms with Crippen LogP contribution >= 0.6 is 0 Å². The molecule has 1 saturated heterocycles. The van der Waals surface area contributed by atoms with E-state index in [1.807, 2.05) is 0 Å². The minimum absolute atomic E-state index is 0.586. The second-order valence-corrected chi connectivity index (χ2v) is 4.28. The molecule has 2 bridgehead atoms. The second-order valence-electron chi connectivity index (χ2n) is 4.28. The lowest BCUT2D eigenvalue weighted by molar-refractivity contribution is 0.0496. The molecule has 0 spiro atoms. The first-order chi connectivity index (χ1) is 4.84. The van der Waals surface area contributed by atoms with Crippen molar-refractivity contribution in [2.24, 2.45) is 17.8 Å². The SMILES string of the molecule is CC1OC2CC3CC1C2C3. The molecule has 2 saturated carbocycles. The summed E-state index contributed by atoms with van der Waals surface area (Å²) < 4.78 is 5.84. The van der Waals surface area contributed by atoms with Crippen LogP contribution in [0.2, 0.25) is 0 Å². The predicted octanol–water partition coefficient (Wildman–Crippen LogP) is 1.82. The standard InChI is InChI=1S/C9H14O/c1-5-7-2-6-3-8(7)9(4-6)10-5/h5-9H,2-4H2,1H3. The van der Waals surface area contributed by atoms with E-state index in [1.165, 1.54) is 19.3 Å². The Kier molecular flexibility index (Phi) is 0.883. The molecule has 3 aliphatic rings. The first-order valence-corrected chi connectivity index (χ1v) is 4.50. The van der Waals surface area contributed by atoms with Crippen molar-refractivity contribution in [3.05, 3.63) is 0 Å². The van der Waals surface area contributed by atoms with Crippen LogP contribution in [-0.2, 0) is 4.74 Å². The molecule has 0 N–H and O–H groups in total. The zero-order valence-electron chi connectivity index (χ0n) is 6.42. The smallest absolute Gasteiger partial charge is 0.0613 e. The topological polar surface area (TPSA) is 9.23 Å². The molecule has 5 atom stereocenters. The summed E-state index contributed by atoms with van der Waals surface area (Å²) in [5, 5.41) is 0. The van der Waals surface area contributed by atoms with Gasteiger partial charge in [0.05, 0.1) is 12.2 Å². The minimum atomic E-state index is 0.586. The molecule has 1 heteroatoms. The van der Waals surface area contributed by atoms with Crippen LogP contribution in [0.15, 0.2) is 0 Å². The number of hydrogen-bond donors (Lipinski definition) is 0. The van der Waals surface area contributed by atoms with Gasteiger partial charge in [0.1, 0.15) is 0 Å². The molecule has 0 aromatic rings. The number of rotatable bonds is 0. The summed E-state index contributed by atoms with van der Waals surface area (Å²) in [5.41, 5.74) is 0. The lowest BCUT2D eigenvalue weighted by atomic mass is 9.87. The van der Waals surface area contributed by atoms with Gasteiger partial charge >= 0.3 is 0 Å².